The Kier molecular flexibility index (Phi) is 4.17. The average Bonchev–Trinajstić information content (AvgIpc) is 2.35. The Balaban J connectivity index is 2.25. The van der Waals surface area contributed by atoms with Crippen LogP contribution in [-0.2, 0) is 6.42 Å². The van der Waals surface area contributed by atoms with Crippen molar-refractivity contribution in [1.82, 2.24) is 0 Å². The van der Waals surface area contributed by atoms with Crippen LogP contribution in [-0.4, -0.2) is 0 Å². The van der Waals surface area contributed by atoms with Crippen molar-refractivity contribution < 1.29 is 8.78 Å². The van der Waals surface area contributed by atoms with Gasteiger partial charge in [0.05, 0.1) is 0 Å². The molecule has 0 aliphatic heterocycles. The predicted octanol–water partition coefficient (Wildman–Crippen LogP) is 4.17. The first kappa shape index (κ1) is 14.0. The maximum absolute atomic E-state index is 13.6. The van der Waals surface area contributed by atoms with Crippen molar-refractivity contribution in [3.05, 3.63) is 69.7 Å². The van der Waals surface area contributed by atoms with Gasteiger partial charge in [-0.2, -0.15) is 0 Å². The normalized spacial score (nSPS) is 12.5. The molecule has 2 N–H and O–H groups in total. The third-order valence-electron chi connectivity index (χ3n) is 3.01. The lowest BCUT2D eigenvalue weighted by atomic mass is 9.98. The van der Waals surface area contributed by atoms with Gasteiger partial charge in [-0.3, -0.25) is 0 Å². The molecular weight excluding hydrogens is 268 g/mol. The van der Waals surface area contributed by atoms with E-state index in [1.807, 2.05) is 25.1 Å². The number of nitrogens with two attached hydrogens (primary N) is 1. The summed E-state index contributed by atoms with van der Waals surface area (Å²) in [6, 6.07) is 8.25. The van der Waals surface area contributed by atoms with Crippen LogP contribution in [0.15, 0.2) is 36.4 Å². The zero-order valence-electron chi connectivity index (χ0n) is 10.5. The average molecular weight is 282 g/mol. The fourth-order valence-electron chi connectivity index (χ4n) is 1.96. The van der Waals surface area contributed by atoms with E-state index >= 15 is 0 Å². The van der Waals surface area contributed by atoms with Crippen LogP contribution >= 0.6 is 11.6 Å². The molecule has 2 aromatic rings. The van der Waals surface area contributed by atoms with Crippen LogP contribution in [0.5, 0.6) is 0 Å². The van der Waals surface area contributed by atoms with Gasteiger partial charge in [-0.15, -0.1) is 0 Å². The highest BCUT2D eigenvalue weighted by atomic mass is 35.5. The minimum atomic E-state index is -0.629. The number of rotatable bonds is 3. The second-order valence-electron chi connectivity index (χ2n) is 4.57. The maximum Gasteiger partial charge on any atom is 0.128 e. The molecule has 2 aromatic carbocycles. The van der Waals surface area contributed by atoms with Crippen molar-refractivity contribution in [2.45, 2.75) is 19.4 Å². The molecule has 0 heterocycles. The summed E-state index contributed by atoms with van der Waals surface area (Å²) in [6.45, 7) is 1.93. The summed E-state index contributed by atoms with van der Waals surface area (Å²) in [5.74, 6) is -1.00. The van der Waals surface area contributed by atoms with Gasteiger partial charge >= 0.3 is 0 Å². The molecule has 0 amide bonds. The van der Waals surface area contributed by atoms with E-state index in [1.165, 1.54) is 0 Å². The van der Waals surface area contributed by atoms with E-state index < -0.39 is 17.7 Å². The Morgan fingerprint density at radius 2 is 1.89 bits per heavy atom. The summed E-state index contributed by atoms with van der Waals surface area (Å²) >= 11 is 6.11. The molecular formula is C15H14ClF2N. The monoisotopic (exact) mass is 281 g/mol. The highest BCUT2D eigenvalue weighted by molar-refractivity contribution is 6.31. The molecule has 100 valence electrons. The quantitative estimate of drug-likeness (QED) is 0.898. The smallest absolute Gasteiger partial charge is 0.128 e. The van der Waals surface area contributed by atoms with Gasteiger partial charge in [0.1, 0.15) is 11.6 Å². The number of benzene rings is 2. The number of hydrogen-bond donors (Lipinski definition) is 1. The second-order valence-corrected chi connectivity index (χ2v) is 4.98. The fourth-order valence-corrected chi connectivity index (χ4v) is 2.28. The van der Waals surface area contributed by atoms with Crippen molar-refractivity contribution in [1.29, 1.82) is 0 Å². The molecule has 2 rings (SSSR count). The number of halogens is 3. The van der Waals surface area contributed by atoms with Crippen molar-refractivity contribution in [3.8, 4) is 0 Å². The molecule has 4 heteroatoms. The van der Waals surface area contributed by atoms with Crippen molar-refractivity contribution in [2.24, 2.45) is 5.73 Å². The molecule has 0 bridgehead atoms. The van der Waals surface area contributed by atoms with Gasteiger partial charge in [0.2, 0.25) is 0 Å². The van der Waals surface area contributed by atoms with Crippen LogP contribution in [0.4, 0.5) is 8.78 Å². The van der Waals surface area contributed by atoms with Crippen molar-refractivity contribution >= 4 is 11.6 Å². The first-order chi connectivity index (χ1) is 8.97. The van der Waals surface area contributed by atoms with Crippen LogP contribution in [0.3, 0.4) is 0 Å². The molecule has 0 aliphatic rings. The maximum atomic E-state index is 13.6. The predicted molar refractivity (Wildman–Crippen MR) is 73.2 cm³/mol. The summed E-state index contributed by atoms with van der Waals surface area (Å²) < 4.78 is 26.7. The molecule has 0 fully saturated rings. The fraction of sp³-hybridized carbons (Fsp3) is 0.200. The van der Waals surface area contributed by atoms with Gasteiger partial charge < -0.3 is 5.73 Å². The third kappa shape index (κ3) is 3.31. The Labute approximate surface area is 116 Å². The van der Waals surface area contributed by atoms with E-state index in [4.69, 9.17) is 17.3 Å². The zero-order valence-corrected chi connectivity index (χ0v) is 11.2. The highest BCUT2D eigenvalue weighted by Gasteiger charge is 2.14. The summed E-state index contributed by atoms with van der Waals surface area (Å²) in [5, 5.41) is 0.590. The topological polar surface area (TPSA) is 26.0 Å². The molecule has 1 atom stereocenters. The van der Waals surface area contributed by atoms with Crippen LogP contribution < -0.4 is 5.73 Å². The van der Waals surface area contributed by atoms with Crippen LogP contribution in [0.25, 0.3) is 0 Å². The van der Waals surface area contributed by atoms with E-state index in [0.29, 0.717) is 11.4 Å². The lowest BCUT2D eigenvalue weighted by Gasteiger charge is -2.14. The van der Waals surface area contributed by atoms with Crippen molar-refractivity contribution in [3.63, 3.8) is 0 Å². The Morgan fingerprint density at radius 3 is 2.58 bits per heavy atom. The second kappa shape index (κ2) is 5.68. The van der Waals surface area contributed by atoms with E-state index in [2.05, 4.69) is 0 Å². The molecule has 1 nitrogen and oxygen atoms in total. The minimum Gasteiger partial charge on any atom is -0.324 e. The summed E-state index contributed by atoms with van der Waals surface area (Å²) in [6.07, 6.45) is 0.361. The molecule has 0 saturated heterocycles. The van der Waals surface area contributed by atoms with Crippen LogP contribution in [0.2, 0.25) is 5.02 Å². The first-order valence-corrected chi connectivity index (χ1v) is 6.30. The van der Waals surface area contributed by atoms with Gasteiger partial charge in [-0.25, -0.2) is 8.78 Å². The zero-order chi connectivity index (χ0) is 14.0. The van der Waals surface area contributed by atoms with E-state index in [9.17, 15) is 8.78 Å². The molecule has 0 spiro atoms. The number of hydrogen-bond acceptors (Lipinski definition) is 1. The molecule has 1 unspecified atom stereocenters. The SMILES string of the molecule is Cc1ccc(CC(N)c2cc(F)ccc2F)c(Cl)c1. The van der Waals surface area contributed by atoms with Crippen LogP contribution in [0.1, 0.15) is 22.7 Å². The first-order valence-electron chi connectivity index (χ1n) is 5.93. The van der Waals surface area contributed by atoms with Crippen molar-refractivity contribution in [2.75, 3.05) is 0 Å². The van der Waals surface area contributed by atoms with Gasteiger partial charge in [0, 0.05) is 16.6 Å². The number of aryl methyl sites for hydroxylation is 1. The van der Waals surface area contributed by atoms with E-state index in [1.54, 1.807) is 0 Å². The van der Waals surface area contributed by atoms with Gasteiger partial charge in [0.25, 0.3) is 0 Å². The minimum absolute atomic E-state index is 0.164. The van der Waals surface area contributed by atoms with E-state index in [0.717, 1.165) is 29.3 Å². The van der Waals surface area contributed by atoms with Crippen LogP contribution in [0, 0.1) is 18.6 Å². The Bertz CT molecular complexity index is 599. The van der Waals surface area contributed by atoms with E-state index in [-0.39, 0.29) is 5.56 Å². The largest absolute Gasteiger partial charge is 0.324 e. The molecule has 0 aromatic heterocycles. The lowest BCUT2D eigenvalue weighted by molar-refractivity contribution is 0.561. The summed E-state index contributed by atoms with van der Waals surface area (Å²) in [4.78, 5) is 0. The molecule has 0 radical (unpaired) electrons. The standard InChI is InChI=1S/C15H14ClF2N/c1-9-2-3-10(13(16)6-9)7-15(19)12-8-11(17)4-5-14(12)18/h2-6,8,15H,7,19H2,1H3. The Morgan fingerprint density at radius 1 is 1.16 bits per heavy atom. The third-order valence-corrected chi connectivity index (χ3v) is 3.36. The van der Waals surface area contributed by atoms with Gasteiger partial charge in [0.15, 0.2) is 0 Å². The highest BCUT2D eigenvalue weighted by Crippen LogP contribution is 2.25. The molecule has 19 heavy (non-hydrogen) atoms. The molecule has 0 saturated carbocycles. The summed E-state index contributed by atoms with van der Waals surface area (Å²) in [5.41, 5.74) is 7.97. The Hall–Kier alpha value is -1.45. The summed E-state index contributed by atoms with van der Waals surface area (Å²) in [7, 11) is 0. The van der Waals surface area contributed by atoms with Gasteiger partial charge in [-0.05, 0) is 48.7 Å². The van der Waals surface area contributed by atoms with Gasteiger partial charge in [-0.1, -0.05) is 23.7 Å². The lowest BCUT2D eigenvalue weighted by Crippen LogP contribution is -2.15. The molecule has 0 aliphatic carbocycles.